The number of hydrogen-bond acceptors (Lipinski definition) is 2. The molecule has 0 fully saturated rings. The highest BCUT2D eigenvalue weighted by atomic mass is 15.1. The van der Waals surface area contributed by atoms with Gasteiger partial charge < -0.3 is 0 Å². The molecule has 0 aliphatic heterocycles. The van der Waals surface area contributed by atoms with Crippen LogP contribution >= 0.6 is 0 Å². The van der Waals surface area contributed by atoms with E-state index >= 15 is 0 Å². The van der Waals surface area contributed by atoms with E-state index < -0.39 is 0 Å². The summed E-state index contributed by atoms with van der Waals surface area (Å²) in [6.45, 7) is 2.10. The molecular weight excluding hydrogens is 294 g/mol. The van der Waals surface area contributed by atoms with Crippen LogP contribution in [0.3, 0.4) is 0 Å². The Labute approximate surface area is 139 Å². The van der Waals surface area contributed by atoms with Crippen LogP contribution in [0.1, 0.15) is 5.56 Å². The summed E-state index contributed by atoms with van der Waals surface area (Å²) in [6, 6.07) is 24.9. The first-order valence-electron chi connectivity index (χ1n) is 8.04. The maximum Gasteiger partial charge on any atom is 0.149 e. The van der Waals surface area contributed by atoms with Gasteiger partial charge >= 0.3 is 0 Å². The predicted octanol–water partition coefficient (Wildman–Crippen LogP) is 5.01. The second kappa shape index (κ2) is 4.90. The van der Waals surface area contributed by atoms with Crippen molar-refractivity contribution in [1.29, 1.82) is 0 Å². The number of imidazole rings is 1. The highest BCUT2D eigenvalue weighted by Gasteiger charge is 2.14. The van der Waals surface area contributed by atoms with Gasteiger partial charge in [0.05, 0.1) is 16.6 Å². The number of aromatic nitrogens is 3. The lowest BCUT2D eigenvalue weighted by molar-refractivity contribution is 1.16. The summed E-state index contributed by atoms with van der Waals surface area (Å²) < 4.78 is 2.17. The van der Waals surface area contributed by atoms with Crippen LogP contribution in [0.2, 0.25) is 0 Å². The number of hydrogen-bond donors (Lipinski definition) is 0. The molecule has 0 saturated carbocycles. The van der Waals surface area contributed by atoms with Gasteiger partial charge in [-0.2, -0.15) is 0 Å². The predicted molar refractivity (Wildman–Crippen MR) is 98.2 cm³/mol. The molecule has 0 N–H and O–H groups in total. The van der Waals surface area contributed by atoms with Crippen molar-refractivity contribution in [1.82, 2.24) is 14.4 Å². The van der Waals surface area contributed by atoms with E-state index in [-0.39, 0.29) is 0 Å². The van der Waals surface area contributed by atoms with E-state index in [1.54, 1.807) is 0 Å². The Balaban J connectivity index is 2.05. The second-order valence-corrected chi connectivity index (χ2v) is 6.08. The lowest BCUT2D eigenvalue weighted by Gasteiger charge is -2.09. The van der Waals surface area contributed by atoms with Gasteiger partial charge in [0.15, 0.2) is 0 Å². The van der Waals surface area contributed by atoms with E-state index in [1.807, 2.05) is 30.3 Å². The second-order valence-electron chi connectivity index (χ2n) is 6.08. The Morgan fingerprint density at radius 1 is 0.750 bits per heavy atom. The normalized spacial score (nSPS) is 11.5. The Morgan fingerprint density at radius 2 is 1.54 bits per heavy atom. The molecule has 0 atom stereocenters. The number of fused-ring (bicyclic) bond motifs is 5. The summed E-state index contributed by atoms with van der Waals surface area (Å²) in [5.41, 5.74) is 6.32. The van der Waals surface area contributed by atoms with Crippen LogP contribution in [0, 0.1) is 6.92 Å². The first kappa shape index (κ1) is 13.3. The molecule has 5 rings (SSSR count). The van der Waals surface area contributed by atoms with Crippen molar-refractivity contribution in [2.45, 2.75) is 6.92 Å². The van der Waals surface area contributed by atoms with Gasteiger partial charge in [-0.1, -0.05) is 54.1 Å². The van der Waals surface area contributed by atoms with Crippen molar-refractivity contribution in [2.75, 3.05) is 0 Å². The Morgan fingerprint density at radius 3 is 2.42 bits per heavy atom. The fourth-order valence-corrected chi connectivity index (χ4v) is 3.29. The molecule has 0 amide bonds. The molecule has 0 saturated heterocycles. The molecule has 114 valence electrons. The van der Waals surface area contributed by atoms with Crippen LogP contribution in [0.25, 0.3) is 39.0 Å². The molecule has 0 aliphatic carbocycles. The van der Waals surface area contributed by atoms with Crippen molar-refractivity contribution in [3.63, 3.8) is 0 Å². The van der Waals surface area contributed by atoms with E-state index in [0.717, 1.165) is 39.0 Å². The van der Waals surface area contributed by atoms with Gasteiger partial charge in [-0.15, -0.1) is 0 Å². The van der Waals surface area contributed by atoms with E-state index in [9.17, 15) is 0 Å². The standard InChI is InChI=1S/C21H15N3/c1-14-11-12-17-16(13-14)21-23-18-9-5-6-10-19(18)24(21)20(22-17)15-7-3-2-4-8-15/h2-13H,1H3. The topological polar surface area (TPSA) is 30.2 Å². The molecule has 0 aliphatic rings. The first-order chi connectivity index (χ1) is 11.8. The minimum absolute atomic E-state index is 0.927. The van der Waals surface area contributed by atoms with Gasteiger partial charge in [-0.25, -0.2) is 9.97 Å². The number of rotatable bonds is 1. The molecule has 3 heteroatoms. The minimum atomic E-state index is 0.927. The molecule has 2 aromatic heterocycles. The third-order valence-electron chi connectivity index (χ3n) is 4.42. The van der Waals surface area contributed by atoms with Crippen LogP contribution in [0.15, 0.2) is 72.8 Å². The molecule has 0 spiro atoms. The summed E-state index contributed by atoms with van der Waals surface area (Å²) in [7, 11) is 0. The maximum absolute atomic E-state index is 4.96. The molecule has 2 heterocycles. The lowest BCUT2D eigenvalue weighted by atomic mass is 10.1. The summed E-state index contributed by atoms with van der Waals surface area (Å²) >= 11 is 0. The smallest absolute Gasteiger partial charge is 0.149 e. The Bertz CT molecular complexity index is 1200. The van der Waals surface area contributed by atoms with Crippen LogP contribution in [-0.2, 0) is 0 Å². The third kappa shape index (κ3) is 1.85. The number of para-hydroxylation sites is 2. The quantitative estimate of drug-likeness (QED) is 0.435. The van der Waals surface area contributed by atoms with Crippen LogP contribution in [0.4, 0.5) is 0 Å². The Kier molecular flexibility index (Phi) is 2.71. The average molecular weight is 309 g/mol. The van der Waals surface area contributed by atoms with Crippen LogP contribution < -0.4 is 0 Å². The SMILES string of the molecule is Cc1ccc2nc(-c3ccccc3)n3c4ccccc4nc3c2c1. The van der Waals surface area contributed by atoms with E-state index in [1.165, 1.54) is 5.56 Å². The fourth-order valence-electron chi connectivity index (χ4n) is 3.29. The molecule has 24 heavy (non-hydrogen) atoms. The summed E-state index contributed by atoms with van der Waals surface area (Å²) in [6.07, 6.45) is 0. The van der Waals surface area contributed by atoms with Gasteiger partial charge in [0, 0.05) is 10.9 Å². The zero-order valence-electron chi connectivity index (χ0n) is 13.3. The minimum Gasteiger partial charge on any atom is -0.276 e. The molecule has 0 unspecified atom stereocenters. The molecule has 0 radical (unpaired) electrons. The molecule has 3 nitrogen and oxygen atoms in total. The van der Waals surface area contributed by atoms with Gasteiger partial charge in [0.25, 0.3) is 0 Å². The van der Waals surface area contributed by atoms with Crippen molar-refractivity contribution in [2.24, 2.45) is 0 Å². The number of benzene rings is 3. The molecule has 5 aromatic rings. The molecule has 3 aromatic carbocycles. The maximum atomic E-state index is 4.96. The van der Waals surface area contributed by atoms with Gasteiger partial charge in [0.1, 0.15) is 11.5 Å². The van der Waals surface area contributed by atoms with E-state index in [0.29, 0.717) is 0 Å². The van der Waals surface area contributed by atoms with Gasteiger partial charge in [-0.3, -0.25) is 4.40 Å². The highest BCUT2D eigenvalue weighted by Crippen LogP contribution is 2.29. The highest BCUT2D eigenvalue weighted by molar-refractivity contribution is 5.98. The van der Waals surface area contributed by atoms with Crippen molar-refractivity contribution in [3.8, 4) is 11.4 Å². The zero-order valence-corrected chi connectivity index (χ0v) is 13.3. The number of aryl methyl sites for hydroxylation is 1. The monoisotopic (exact) mass is 309 g/mol. The van der Waals surface area contributed by atoms with Crippen LogP contribution in [-0.4, -0.2) is 14.4 Å². The fraction of sp³-hybridized carbons (Fsp3) is 0.0476. The largest absolute Gasteiger partial charge is 0.276 e. The lowest BCUT2D eigenvalue weighted by Crippen LogP contribution is -1.98. The average Bonchev–Trinajstić information content (AvgIpc) is 3.02. The molecular formula is C21H15N3. The van der Waals surface area contributed by atoms with Crippen molar-refractivity contribution >= 4 is 27.6 Å². The molecule has 0 bridgehead atoms. The van der Waals surface area contributed by atoms with Gasteiger partial charge in [0.2, 0.25) is 0 Å². The van der Waals surface area contributed by atoms with Gasteiger partial charge in [-0.05, 0) is 31.2 Å². The van der Waals surface area contributed by atoms with Crippen molar-refractivity contribution < 1.29 is 0 Å². The number of nitrogens with zero attached hydrogens (tertiary/aromatic N) is 3. The summed E-state index contributed by atoms with van der Waals surface area (Å²) in [5.74, 6) is 0.927. The van der Waals surface area contributed by atoms with Crippen LogP contribution in [0.5, 0.6) is 0 Å². The third-order valence-corrected chi connectivity index (χ3v) is 4.42. The Hall–Kier alpha value is -3.20. The first-order valence-corrected chi connectivity index (χ1v) is 8.04. The zero-order chi connectivity index (χ0) is 16.1. The van der Waals surface area contributed by atoms with E-state index in [4.69, 9.17) is 9.97 Å². The summed E-state index contributed by atoms with van der Waals surface area (Å²) in [5, 5.41) is 1.09. The summed E-state index contributed by atoms with van der Waals surface area (Å²) in [4.78, 5) is 9.85. The van der Waals surface area contributed by atoms with Crippen molar-refractivity contribution in [3.05, 3.63) is 78.4 Å². The van der Waals surface area contributed by atoms with E-state index in [2.05, 4.69) is 53.8 Å².